The number of fused-ring (bicyclic) bond motifs is 2. The van der Waals surface area contributed by atoms with Gasteiger partial charge in [0.2, 0.25) is 20.0 Å². The third kappa shape index (κ3) is 4.42. The minimum Gasteiger partial charge on any atom is -0.229 e. The van der Waals surface area contributed by atoms with E-state index in [1.165, 1.54) is 12.1 Å². The molecule has 0 saturated carbocycles. The molecule has 2 aromatic rings. The second kappa shape index (κ2) is 8.83. The van der Waals surface area contributed by atoms with E-state index in [1.807, 2.05) is 0 Å². The summed E-state index contributed by atoms with van der Waals surface area (Å²) in [5, 5.41) is 0. The van der Waals surface area contributed by atoms with Gasteiger partial charge in [0.25, 0.3) is 0 Å². The number of hydrogen-bond acceptors (Lipinski definition) is 8. The van der Waals surface area contributed by atoms with Crippen molar-refractivity contribution in [1.82, 2.24) is 8.61 Å². The van der Waals surface area contributed by atoms with Gasteiger partial charge in [0.15, 0.2) is 19.7 Å². The van der Waals surface area contributed by atoms with Gasteiger partial charge in [-0.1, -0.05) is 24.3 Å². The quantitative estimate of drug-likeness (QED) is 0.503. The molecular formula is C24H30N2O8S4. The van der Waals surface area contributed by atoms with Crippen LogP contribution in [0.2, 0.25) is 0 Å². The fourth-order valence-electron chi connectivity index (χ4n) is 6.00. The lowest BCUT2D eigenvalue weighted by molar-refractivity contribution is 0.0841. The average Bonchev–Trinajstić information content (AvgIpc) is 3.26. The van der Waals surface area contributed by atoms with E-state index in [9.17, 15) is 33.7 Å². The van der Waals surface area contributed by atoms with E-state index < -0.39 is 86.9 Å². The highest BCUT2D eigenvalue weighted by Crippen LogP contribution is 2.43. The van der Waals surface area contributed by atoms with Crippen LogP contribution < -0.4 is 0 Å². The van der Waals surface area contributed by atoms with E-state index in [2.05, 4.69) is 0 Å². The Morgan fingerprint density at radius 2 is 0.868 bits per heavy atom. The lowest BCUT2D eigenvalue weighted by atomic mass is 10.0. The van der Waals surface area contributed by atoms with Gasteiger partial charge in [-0.15, -0.1) is 0 Å². The topological polar surface area (TPSA) is 143 Å². The summed E-state index contributed by atoms with van der Waals surface area (Å²) in [6, 6.07) is 4.65. The maximum absolute atomic E-state index is 14.2. The van der Waals surface area contributed by atoms with Gasteiger partial charge in [-0.05, 0) is 62.1 Å². The Kier molecular flexibility index (Phi) is 6.44. The lowest BCUT2D eigenvalue weighted by Crippen LogP contribution is -2.70. The van der Waals surface area contributed by atoms with Crippen LogP contribution in [0.25, 0.3) is 0 Å². The molecule has 3 fully saturated rings. The largest absolute Gasteiger partial charge is 0.244 e. The van der Waals surface area contributed by atoms with Crippen LogP contribution in [-0.4, -0.2) is 89.5 Å². The zero-order chi connectivity index (χ0) is 28.0. The maximum atomic E-state index is 14.2. The van der Waals surface area contributed by atoms with Crippen LogP contribution in [0.5, 0.6) is 0 Å². The number of piperazine rings is 1. The van der Waals surface area contributed by atoms with Crippen LogP contribution in [0.4, 0.5) is 0 Å². The second-order valence-electron chi connectivity index (χ2n) is 10.6. The first-order valence-electron chi connectivity index (χ1n) is 12.1. The minimum absolute atomic E-state index is 0.0468. The Bertz CT molecular complexity index is 1600. The van der Waals surface area contributed by atoms with Crippen molar-refractivity contribution in [2.45, 2.75) is 61.7 Å². The molecule has 0 aliphatic carbocycles. The van der Waals surface area contributed by atoms with E-state index in [1.54, 1.807) is 52.0 Å². The first-order valence-corrected chi connectivity index (χ1v) is 18.6. The summed E-state index contributed by atoms with van der Waals surface area (Å²) >= 11 is 0. The minimum atomic E-state index is -4.39. The van der Waals surface area contributed by atoms with E-state index in [0.717, 1.165) is 8.61 Å². The molecule has 0 spiro atoms. The summed E-state index contributed by atoms with van der Waals surface area (Å²) in [7, 11) is -16.5. The Morgan fingerprint density at radius 3 is 1.16 bits per heavy atom. The van der Waals surface area contributed by atoms with E-state index in [-0.39, 0.29) is 9.79 Å². The highest BCUT2D eigenvalue weighted by atomic mass is 32.2. The number of rotatable bonds is 4. The molecule has 10 nitrogen and oxygen atoms in total. The summed E-state index contributed by atoms with van der Waals surface area (Å²) in [4.78, 5) is -0.0936. The zero-order valence-corrected chi connectivity index (χ0v) is 24.7. The SMILES string of the molecule is Cc1ccc(C)c(S(=O)(=O)N2[C@@H]3CS(=O)(=O)C[C@@H]3N(S(=O)(=O)c3cc(C)ccc3C)[C@H]3CS(=O)(=O)C[C@H]32)c1. The van der Waals surface area contributed by atoms with Gasteiger partial charge < -0.3 is 0 Å². The highest BCUT2D eigenvalue weighted by Gasteiger charge is 2.63. The van der Waals surface area contributed by atoms with Crippen molar-refractivity contribution in [3.63, 3.8) is 0 Å². The average molecular weight is 603 g/mol. The fraction of sp³-hybridized carbons (Fsp3) is 0.500. The first-order chi connectivity index (χ1) is 17.4. The molecule has 208 valence electrons. The Labute approximate surface area is 224 Å². The number of aryl methyl sites for hydroxylation is 4. The molecule has 4 atom stereocenters. The summed E-state index contributed by atoms with van der Waals surface area (Å²) in [5.74, 6) is -2.37. The lowest BCUT2D eigenvalue weighted by Gasteiger charge is -2.49. The third-order valence-corrected chi connectivity index (χ3v) is 15.3. The Morgan fingerprint density at radius 1 is 0.579 bits per heavy atom. The Hall–Kier alpha value is -1.84. The first kappa shape index (κ1) is 27.7. The number of benzene rings is 2. The van der Waals surface area contributed by atoms with Gasteiger partial charge in [0.05, 0.1) is 57.0 Å². The summed E-state index contributed by atoms with van der Waals surface area (Å²) in [5.41, 5.74) is 2.18. The summed E-state index contributed by atoms with van der Waals surface area (Å²) in [6.45, 7) is 6.66. The molecule has 5 rings (SSSR count). The van der Waals surface area contributed by atoms with Gasteiger partial charge in [0.1, 0.15) is 0 Å². The number of nitrogens with zero attached hydrogens (tertiary/aromatic N) is 2. The van der Waals surface area contributed by atoms with Gasteiger partial charge in [-0.25, -0.2) is 33.7 Å². The molecular weight excluding hydrogens is 573 g/mol. The molecule has 0 amide bonds. The molecule has 0 bridgehead atoms. The molecule has 14 heteroatoms. The number of sulfonamides is 2. The molecule has 3 heterocycles. The standard InChI is InChI=1S/C24H30N2O8S4/c1-15-5-7-17(3)23(9-15)37(31,32)25-19-11-35(27,28)13-21(19)26(22-14-36(29,30)12-20(22)25)38(33,34)24-10-16(2)6-8-18(24)4/h5-10,19-22H,11-14H2,1-4H3/t19-,20-,21+,22+. The van der Waals surface area contributed by atoms with E-state index in [0.29, 0.717) is 22.3 Å². The van der Waals surface area contributed by atoms with Crippen LogP contribution in [0.15, 0.2) is 46.2 Å². The van der Waals surface area contributed by atoms with Gasteiger partial charge in [-0.3, -0.25) is 0 Å². The molecule has 0 unspecified atom stereocenters. The van der Waals surface area contributed by atoms with Gasteiger partial charge >= 0.3 is 0 Å². The van der Waals surface area contributed by atoms with Crippen molar-refractivity contribution in [3.8, 4) is 0 Å². The van der Waals surface area contributed by atoms with Crippen molar-refractivity contribution in [1.29, 1.82) is 0 Å². The number of hydrogen-bond donors (Lipinski definition) is 0. The van der Waals surface area contributed by atoms with Gasteiger partial charge in [0, 0.05) is 0 Å². The van der Waals surface area contributed by atoms with Crippen LogP contribution in [-0.2, 0) is 39.7 Å². The number of sulfone groups is 2. The highest BCUT2D eigenvalue weighted by molar-refractivity contribution is 7.93. The smallest absolute Gasteiger partial charge is 0.229 e. The predicted octanol–water partition coefficient (Wildman–Crippen LogP) is 0.947. The fourth-order valence-corrected chi connectivity index (χ4v) is 14.6. The second-order valence-corrected chi connectivity index (χ2v) is 18.6. The van der Waals surface area contributed by atoms with Crippen molar-refractivity contribution in [2.75, 3.05) is 23.0 Å². The molecule has 0 aromatic heterocycles. The molecule has 38 heavy (non-hydrogen) atoms. The Balaban J connectivity index is 1.75. The molecule has 0 N–H and O–H groups in total. The van der Waals surface area contributed by atoms with Gasteiger partial charge in [-0.2, -0.15) is 8.61 Å². The van der Waals surface area contributed by atoms with E-state index in [4.69, 9.17) is 0 Å². The van der Waals surface area contributed by atoms with E-state index >= 15 is 0 Å². The van der Waals surface area contributed by atoms with Crippen LogP contribution in [0.1, 0.15) is 22.3 Å². The van der Waals surface area contributed by atoms with Crippen LogP contribution in [0, 0.1) is 27.7 Å². The normalized spacial score (nSPS) is 29.2. The maximum Gasteiger partial charge on any atom is 0.244 e. The van der Waals surface area contributed by atoms with Crippen molar-refractivity contribution >= 4 is 39.7 Å². The zero-order valence-electron chi connectivity index (χ0n) is 21.4. The molecule has 3 aliphatic rings. The van der Waals surface area contributed by atoms with Crippen LogP contribution in [0.3, 0.4) is 0 Å². The predicted molar refractivity (Wildman–Crippen MR) is 142 cm³/mol. The molecule has 2 aromatic carbocycles. The van der Waals surface area contributed by atoms with Crippen molar-refractivity contribution in [3.05, 3.63) is 58.7 Å². The monoisotopic (exact) mass is 602 g/mol. The van der Waals surface area contributed by atoms with Crippen molar-refractivity contribution in [2.24, 2.45) is 0 Å². The molecule has 3 saturated heterocycles. The molecule has 3 aliphatic heterocycles. The summed E-state index contributed by atoms with van der Waals surface area (Å²) in [6.07, 6.45) is 0. The van der Waals surface area contributed by atoms with Crippen molar-refractivity contribution < 1.29 is 33.7 Å². The summed E-state index contributed by atoms with van der Waals surface area (Å²) < 4.78 is 110. The van der Waals surface area contributed by atoms with Crippen LogP contribution >= 0.6 is 0 Å². The third-order valence-electron chi connectivity index (χ3n) is 7.69. The molecule has 0 radical (unpaired) electrons.